The molecular formula is C27H23ClN4O3. The topological polar surface area (TPSA) is 81.2 Å². The number of halogens is 1. The number of aromatic nitrogens is 3. The van der Waals surface area contributed by atoms with Crippen LogP contribution in [0.4, 0.5) is 5.69 Å². The van der Waals surface area contributed by atoms with E-state index < -0.39 is 0 Å². The molecule has 0 saturated heterocycles. The third-order valence-electron chi connectivity index (χ3n) is 6.06. The highest BCUT2D eigenvalue weighted by molar-refractivity contribution is 6.30. The predicted octanol–water partition coefficient (Wildman–Crippen LogP) is 5.39. The molecule has 0 radical (unpaired) electrons. The molecule has 0 aliphatic carbocycles. The highest BCUT2D eigenvalue weighted by Gasteiger charge is 2.18. The minimum absolute atomic E-state index is 0.220. The van der Waals surface area contributed by atoms with Crippen LogP contribution in [0.5, 0.6) is 0 Å². The van der Waals surface area contributed by atoms with Crippen LogP contribution in [-0.2, 0) is 17.8 Å². The molecule has 0 aliphatic rings. The zero-order valence-corrected chi connectivity index (χ0v) is 20.3. The van der Waals surface area contributed by atoms with Gasteiger partial charge in [-0.05, 0) is 48.4 Å². The van der Waals surface area contributed by atoms with E-state index >= 15 is 0 Å². The monoisotopic (exact) mass is 486 g/mol. The van der Waals surface area contributed by atoms with Gasteiger partial charge in [-0.2, -0.15) is 5.10 Å². The zero-order chi connectivity index (χ0) is 24.7. The maximum absolute atomic E-state index is 13.3. The minimum Gasteiger partial charge on any atom is -0.441 e. The van der Waals surface area contributed by atoms with Gasteiger partial charge in [-0.3, -0.25) is 9.59 Å². The number of benzene rings is 3. The van der Waals surface area contributed by atoms with Crippen molar-refractivity contribution in [3.05, 3.63) is 87.5 Å². The first-order valence-corrected chi connectivity index (χ1v) is 11.7. The Labute approximate surface area is 206 Å². The molecular weight excluding hydrogens is 464 g/mol. The average molecular weight is 487 g/mol. The molecule has 0 aliphatic heterocycles. The number of anilines is 1. The summed E-state index contributed by atoms with van der Waals surface area (Å²) in [6.45, 7) is 3.61. The van der Waals surface area contributed by atoms with Crippen LogP contribution < -0.4 is 10.5 Å². The molecule has 0 bridgehead atoms. The van der Waals surface area contributed by atoms with Crippen molar-refractivity contribution >= 4 is 45.1 Å². The number of nitrogens with zero attached hydrogens (tertiary/aromatic N) is 4. The number of fused-ring (bicyclic) bond motifs is 2. The number of carbonyl (C=O) groups excluding carboxylic acids is 1. The molecule has 0 fully saturated rings. The molecule has 176 valence electrons. The smallest absolute Gasteiger partial charge is 0.275 e. The minimum atomic E-state index is -0.323. The Morgan fingerprint density at radius 3 is 2.69 bits per heavy atom. The van der Waals surface area contributed by atoms with Gasteiger partial charge in [-0.15, -0.1) is 0 Å². The van der Waals surface area contributed by atoms with Crippen molar-refractivity contribution in [3.63, 3.8) is 0 Å². The molecule has 1 amide bonds. The van der Waals surface area contributed by atoms with Crippen LogP contribution in [0.1, 0.15) is 18.4 Å². The van der Waals surface area contributed by atoms with Gasteiger partial charge in [0.05, 0.1) is 11.1 Å². The summed E-state index contributed by atoms with van der Waals surface area (Å²) < 4.78 is 6.81. The van der Waals surface area contributed by atoms with Crippen LogP contribution in [0.15, 0.2) is 69.9 Å². The number of carbonyl (C=O) groups is 1. The van der Waals surface area contributed by atoms with Crippen LogP contribution in [-0.4, -0.2) is 27.7 Å². The third kappa shape index (κ3) is 4.31. The van der Waals surface area contributed by atoms with Gasteiger partial charge in [0.2, 0.25) is 5.91 Å². The molecule has 0 unspecified atom stereocenters. The van der Waals surface area contributed by atoms with Crippen molar-refractivity contribution in [2.24, 2.45) is 0 Å². The first-order chi connectivity index (χ1) is 16.8. The maximum atomic E-state index is 13.3. The zero-order valence-electron chi connectivity index (χ0n) is 19.6. The lowest BCUT2D eigenvalue weighted by atomic mass is 10.0. The Morgan fingerprint density at radius 2 is 1.91 bits per heavy atom. The summed E-state index contributed by atoms with van der Waals surface area (Å²) in [5, 5.41) is 6.43. The second-order valence-electron chi connectivity index (χ2n) is 8.39. The van der Waals surface area contributed by atoms with Gasteiger partial charge < -0.3 is 9.32 Å². The number of oxazole rings is 1. The highest BCUT2D eigenvalue weighted by atomic mass is 35.5. The summed E-state index contributed by atoms with van der Waals surface area (Å²) in [5.74, 6) is 0.259. The van der Waals surface area contributed by atoms with Gasteiger partial charge >= 0.3 is 0 Å². The van der Waals surface area contributed by atoms with Gasteiger partial charge in [0.1, 0.15) is 12.1 Å². The van der Waals surface area contributed by atoms with Gasteiger partial charge in [0.15, 0.2) is 11.5 Å². The number of likely N-dealkylation sites (N-methyl/N-ethyl adjacent to an activating group) is 1. The van der Waals surface area contributed by atoms with Gasteiger partial charge in [0.25, 0.3) is 5.56 Å². The van der Waals surface area contributed by atoms with E-state index in [1.807, 2.05) is 24.3 Å². The standard InChI is InChI=1S/C27H23ClN4O3/c1-4-17-8-10-21-22(12-17)26(18-6-5-7-19(28)13-18)30-32(27(21)34)15-25(33)31(3)20-9-11-23-24(14-20)35-16(2)29-23/h5-14H,4,15H2,1-3H3. The van der Waals surface area contributed by atoms with E-state index in [0.29, 0.717) is 33.3 Å². The fourth-order valence-corrected chi connectivity index (χ4v) is 4.31. The van der Waals surface area contributed by atoms with Gasteiger partial charge in [-0.1, -0.05) is 36.7 Å². The number of aryl methyl sites for hydroxylation is 2. The van der Waals surface area contributed by atoms with E-state index in [4.69, 9.17) is 16.0 Å². The first kappa shape index (κ1) is 22.8. The van der Waals surface area contributed by atoms with Gasteiger partial charge in [-0.25, -0.2) is 9.67 Å². The molecule has 3 aromatic carbocycles. The van der Waals surface area contributed by atoms with E-state index in [-0.39, 0.29) is 18.0 Å². The molecule has 35 heavy (non-hydrogen) atoms. The second-order valence-corrected chi connectivity index (χ2v) is 8.83. The van der Waals surface area contributed by atoms with Crippen molar-refractivity contribution in [1.82, 2.24) is 14.8 Å². The molecule has 0 atom stereocenters. The number of amides is 1. The van der Waals surface area contributed by atoms with E-state index in [1.165, 1.54) is 9.58 Å². The van der Waals surface area contributed by atoms with E-state index in [1.54, 1.807) is 50.4 Å². The fraction of sp³-hybridized carbons (Fsp3) is 0.185. The third-order valence-corrected chi connectivity index (χ3v) is 6.29. The molecule has 5 rings (SSSR count). The Balaban J connectivity index is 1.57. The summed E-state index contributed by atoms with van der Waals surface area (Å²) in [4.78, 5) is 32.3. The van der Waals surface area contributed by atoms with Crippen LogP contribution in [0, 0.1) is 6.92 Å². The van der Waals surface area contributed by atoms with Crippen molar-refractivity contribution in [2.45, 2.75) is 26.8 Å². The maximum Gasteiger partial charge on any atom is 0.275 e. The summed E-state index contributed by atoms with van der Waals surface area (Å²) in [5.41, 5.74) is 4.09. The lowest BCUT2D eigenvalue weighted by molar-refractivity contribution is -0.119. The second kappa shape index (κ2) is 9.00. The van der Waals surface area contributed by atoms with E-state index in [0.717, 1.165) is 28.5 Å². The molecule has 2 aromatic heterocycles. The van der Waals surface area contributed by atoms with Crippen LogP contribution in [0.25, 0.3) is 33.1 Å². The van der Waals surface area contributed by atoms with Crippen molar-refractivity contribution in [2.75, 3.05) is 11.9 Å². The molecule has 8 heteroatoms. The normalized spacial score (nSPS) is 11.3. The Morgan fingerprint density at radius 1 is 1.09 bits per heavy atom. The number of rotatable bonds is 5. The summed E-state index contributed by atoms with van der Waals surface area (Å²) in [6.07, 6.45) is 0.826. The molecule has 0 spiro atoms. The van der Waals surface area contributed by atoms with Crippen LogP contribution >= 0.6 is 11.6 Å². The fourth-order valence-electron chi connectivity index (χ4n) is 4.12. The number of hydrogen-bond acceptors (Lipinski definition) is 5. The van der Waals surface area contributed by atoms with Gasteiger partial charge in [0, 0.05) is 41.7 Å². The average Bonchev–Trinajstić information content (AvgIpc) is 3.24. The molecule has 0 N–H and O–H groups in total. The Hall–Kier alpha value is -3.97. The van der Waals surface area contributed by atoms with Crippen molar-refractivity contribution in [3.8, 4) is 11.3 Å². The number of hydrogen-bond donors (Lipinski definition) is 0. The summed E-state index contributed by atoms with van der Waals surface area (Å²) in [7, 11) is 1.66. The molecule has 5 aromatic rings. The predicted molar refractivity (Wildman–Crippen MR) is 138 cm³/mol. The SMILES string of the molecule is CCc1ccc2c(=O)n(CC(=O)N(C)c3ccc4nc(C)oc4c3)nc(-c3cccc(Cl)c3)c2c1. The van der Waals surface area contributed by atoms with Crippen LogP contribution in [0.3, 0.4) is 0 Å². The largest absolute Gasteiger partial charge is 0.441 e. The van der Waals surface area contributed by atoms with Crippen molar-refractivity contribution in [1.29, 1.82) is 0 Å². The molecule has 0 saturated carbocycles. The quantitative estimate of drug-likeness (QED) is 0.332. The lowest BCUT2D eigenvalue weighted by Gasteiger charge is -2.18. The summed E-state index contributed by atoms with van der Waals surface area (Å²) in [6, 6.07) is 18.4. The first-order valence-electron chi connectivity index (χ1n) is 11.3. The highest BCUT2D eigenvalue weighted by Crippen LogP contribution is 2.28. The Bertz CT molecular complexity index is 1650. The molecule has 7 nitrogen and oxygen atoms in total. The van der Waals surface area contributed by atoms with E-state index in [9.17, 15) is 9.59 Å². The Kier molecular flexibility index (Phi) is 5.86. The molecule has 2 heterocycles. The van der Waals surface area contributed by atoms with Crippen LogP contribution in [0.2, 0.25) is 5.02 Å². The summed E-state index contributed by atoms with van der Waals surface area (Å²) >= 11 is 6.24. The lowest BCUT2D eigenvalue weighted by Crippen LogP contribution is -2.35. The van der Waals surface area contributed by atoms with Crippen molar-refractivity contribution < 1.29 is 9.21 Å². The van der Waals surface area contributed by atoms with E-state index in [2.05, 4.69) is 17.0 Å².